The van der Waals surface area contributed by atoms with E-state index in [0.717, 1.165) is 36.0 Å². The van der Waals surface area contributed by atoms with Crippen molar-refractivity contribution in [2.24, 2.45) is 0 Å². The zero-order valence-electron chi connectivity index (χ0n) is 54.3. The predicted molar refractivity (Wildman–Crippen MR) is 389 cm³/mol. The van der Waals surface area contributed by atoms with Crippen LogP contribution in [0.15, 0.2) is 206 Å². The van der Waals surface area contributed by atoms with Gasteiger partial charge in [0.15, 0.2) is 0 Å². The van der Waals surface area contributed by atoms with Crippen LogP contribution in [0, 0.1) is 22.7 Å². The van der Waals surface area contributed by atoms with Crippen LogP contribution in [0.1, 0.15) is 48.5 Å². The Bertz CT molecular complexity index is 5200. The van der Waals surface area contributed by atoms with Gasteiger partial charge in [-0.1, -0.05) is 143 Å². The number of aromatic nitrogens is 4. The van der Waals surface area contributed by atoms with E-state index in [-0.39, 0.29) is 50.0 Å². The van der Waals surface area contributed by atoms with Gasteiger partial charge in [-0.2, -0.15) is 45.3 Å². The largest absolute Gasteiger partial charge is 0.516 e. The van der Waals surface area contributed by atoms with Gasteiger partial charge >= 0.3 is 34.7 Å². The maximum Gasteiger partial charge on any atom is 0.516 e. The maximum atomic E-state index is 13.1. The van der Waals surface area contributed by atoms with Gasteiger partial charge in [-0.3, -0.25) is 14.3 Å². The number of sulfonamides is 1. The molecule has 12 aromatic rings. The highest BCUT2D eigenvalue weighted by molar-refractivity contribution is 7.98. The van der Waals surface area contributed by atoms with Crippen LogP contribution in [0.2, 0.25) is 0 Å². The third-order valence-electron chi connectivity index (χ3n) is 16.7. The predicted octanol–water partition coefficient (Wildman–Crippen LogP) is 12.1. The maximum absolute atomic E-state index is 13.1. The number of nitrogens with one attached hydrogen (secondary N) is 2. The van der Waals surface area contributed by atoms with Gasteiger partial charge < -0.3 is 27.9 Å². The molecular weight excluding hydrogens is 1390 g/mol. The van der Waals surface area contributed by atoms with E-state index in [4.69, 9.17) is 28.9 Å². The smallest absolute Gasteiger partial charge is 0.497 e. The number of benzene rings is 8. The number of alkyl halides is 6. The number of hydrogen-bond donors (Lipinski definition) is 2. The summed E-state index contributed by atoms with van der Waals surface area (Å²) in [5, 5.41) is 27.5. The summed E-state index contributed by atoms with van der Waals surface area (Å²) in [6.45, 7) is -1.46. The molecule has 0 radical (unpaired) electrons. The van der Waals surface area contributed by atoms with E-state index in [1.54, 1.807) is 50.6 Å². The van der Waals surface area contributed by atoms with E-state index < -0.39 is 64.9 Å². The molecule has 0 spiro atoms. The number of thiazole rings is 2. The van der Waals surface area contributed by atoms with Crippen molar-refractivity contribution in [2.45, 2.75) is 49.5 Å². The van der Waals surface area contributed by atoms with E-state index in [9.17, 15) is 54.9 Å². The second kappa shape index (κ2) is 31.0. The zero-order valence-corrected chi connectivity index (χ0v) is 57.6. The summed E-state index contributed by atoms with van der Waals surface area (Å²) < 4.78 is 134. The molecule has 0 fully saturated rings. The van der Waals surface area contributed by atoms with Gasteiger partial charge in [0.2, 0.25) is 11.8 Å². The highest BCUT2D eigenvalue weighted by Crippen LogP contribution is 2.40. The van der Waals surface area contributed by atoms with Crippen molar-refractivity contribution in [2.75, 3.05) is 27.4 Å². The number of halogens is 6. The molecule has 0 aliphatic carbocycles. The molecule has 12 rings (SSSR count). The number of amides is 2. The number of carbonyl (C=O) groups excluding carboxylic acids is 2. The second-order valence-corrected chi connectivity index (χ2v) is 27.8. The van der Waals surface area contributed by atoms with E-state index in [0.29, 0.717) is 94.5 Å². The monoisotopic (exact) mass is 1450 g/mol. The number of nitriles is 2. The molecule has 4 aromatic heterocycles. The van der Waals surface area contributed by atoms with E-state index in [1.807, 2.05) is 175 Å². The van der Waals surface area contributed by atoms with Gasteiger partial charge in [-0.25, -0.2) is 14.7 Å². The molecule has 0 unspecified atom stereocenters. The molecule has 16 nitrogen and oxygen atoms in total. The molecule has 4 heterocycles. The van der Waals surface area contributed by atoms with Crippen LogP contribution < -0.4 is 60.9 Å². The third kappa shape index (κ3) is 15.6. The minimum Gasteiger partial charge on any atom is -0.497 e. The van der Waals surface area contributed by atoms with Crippen molar-refractivity contribution in [3.63, 3.8) is 0 Å². The Labute approximate surface area is 594 Å². The van der Waals surface area contributed by atoms with Gasteiger partial charge in [0.05, 0.1) is 70.5 Å². The van der Waals surface area contributed by atoms with E-state index in [2.05, 4.69) is 21.1 Å². The molecule has 0 atom stereocenters. The van der Waals surface area contributed by atoms with Gasteiger partial charge in [0, 0.05) is 47.1 Å². The van der Waals surface area contributed by atoms with Crippen molar-refractivity contribution >= 4 is 134 Å². The van der Waals surface area contributed by atoms with Gasteiger partial charge in [0.25, 0.3) is 0 Å². The Balaban J connectivity index is 1.20. The first-order valence-electron chi connectivity index (χ1n) is 31.8. The Morgan fingerprint density at radius 3 is 1.23 bits per heavy atom. The number of fused-ring (bicyclic) bond motifs is 3. The lowest BCUT2D eigenvalue weighted by molar-refractivity contribution is -0.120. The quantitative estimate of drug-likeness (QED) is 0.0224. The normalized spacial score (nSPS) is 12.3. The molecule has 2 amide bonds. The third-order valence-corrected chi connectivity index (χ3v) is 20.5. The Hall–Kier alpha value is -10.8. The zero-order chi connectivity index (χ0) is 71.7. The molecule has 0 aliphatic rings. The lowest BCUT2D eigenvalue weighted by Gasteiger charge is -2.24. The molecule has 0 saturated carbocycles. The molecular formula is C74H58B2F6N8O8S4. The standard InChI is InChI=1S/C74H58B2F6N8O8S4/c1-95-55-37-39-61-59(43-55)85-71(99-61)57(45-83)69-65-66(68(90(69)76(51-23-11-5-12-24-51)52-25-13-6-14-26-52)48-31-35-54(36-32-48)98-42-18-16-28-64(92)88-102(93,94)74(80,81)82)70(58(46-84)72-86-60-44-56(96-2)38-40-62(60)100-72)89(75(49-19-7-3-8-20-49)50-21-9-4-10-22-50)67(65)47-29-33-53(34-30-47)97-41-17-15-27-63(91)87-101-73(77,78)79/h3-14,19-26,29-40,43-44H,15-18,27-28,41-42H2,1-2H3,(H,87,91)(H,88,92)/b69-57+,70-58+. The topological polar surface area (TPSA) is 212 Å². The van der Waals surface area contributed by atoms with E-state index >= 15 is 0 Å². The molecule has 2 N–H and O–H groups in total. The molecule has 28 heteroatoms. The van der Waals surface area contributed by atoms with Crippen LogP contribution in [0.3, 0.4) is 0 Å². The van der Waals surface area contributed by atoms with Crippen LogP contribution >= 0.6 is 34.6 Å². The van der Waals surface area contributed by atoms with Crippen molar-refractivity contribution in [1.29, 1.82) is 10.5 Å². The fourth-order valence-corrected chi connectivity index (χ4v) is 14.9. The summed E-state index contributed by atoms with van der Waals surface area (Å²) in [5.74, 6) is -0.234. The van der Waals surface area contributed by atoms with Crippen LogP contribution in [0.25, 0.3) is 64.9 Å². The minimum absolute atomic E-state index is 0.0173. The first-order chi connectivity index (χ1) is 49.3. The van der Waals surface area contributed by atoms with Gasteiger partial charge in [0.1, 0.15) is 56.3 Å². The van der Waals surface area contributed by atoms with Crippen LogP contribution in [-0.4, -0.2) is 91.3 Å². The van der Waals surface area contributed by atoms with Crippen LogP contribution in [-0.2, 0) is 19.6 Å². The number of ether oxygens (including phenoxy) is 4. The van der Waals surface area contributed by atoms with Gasteiger partial charge in [-0.05, 0) is 110 Å². The van der Waals surface area contributed by atoms with Crippen molar-refractivity contribution < 1.29 is 63.3 Å². The lowest BCUT2D eigenvalue weighted by Crippen LogP contribution is -2.54. The fourth-order valence-electron chi connectivity index (χ4n) is 12.2. The first kappa shape index (κ1) is 71.1. The fraction of sp³-hybridized carbons (Fsp3) is 0.162. The SMILES string of the molecule is COc1ccc2sc(/C(C#N)=c3\c4c(-c5ccc(OCCCCC(=O)NS(=O)(=O)C(F)(F)F)cc5)n(B(c5ccccc5)c5ccccc5)/c(=C(\C#N)c5nc6cc(OC)ccc6s5)c4c(-c4ccc(OCCCCC(=O)NSC(F)(F)F)cc4)n3B(c3ccccc3)c3ccccc3)nc2c1. The number of carbonyl (C=O) groups is 2. The summed E-state index contributed by atoms with van der Waals surface area (Å²) in [6, 6.07) is 70.2. The summed E-state index contributed by atoms with van der Waals surface area (Å²) in [4.78, 5) is 35.2. The molecule has 0 aliphatic heterocycles. The van der Waals surface area contributed by atoms with Crippen molar-refractivity contribution in [3.8, 4) is 57.7 Å². The number of nitrogens with zero attached hydrogens (tertiary/aromatic N) is 6. The number of methoxy groups -OCH3 is 2. The summed E-state index contributed by atoms with van der Waals surface area (Å²) >= 11 is 2.02. The Kier molecular flexibility index (Phi) is 21.6. The second-order valence-electron chi connectivity index (χ2n) is 23.2. The van der Waals surface area contributed by atoms with Gasteiger partial charge in [-0.15, -0.1) is 22.7 Å². The molecule has 514 valence electrons. The van der Waals surface area contributed by atoms with E-state index in [1.165, 1.54) is 22.7 Å². The lowest BCUT2D eigenvalue weighted by atomic mass is 9.50. The average Bonchev–Trinajstić information content (AvgIpc) is 1.52. The highest BCUT2D eigenvalue weighted by Gasteiger charge is 2.47. The Morgan fingerprint density at radius 2 is 0.882 bits per heavy atom. The van der Waals surface area contributed by atoms with Crippen molar-refractivity contribution in [1.82, 2.24) is 28.4 Å². The number of hydrogen-bond acceptors (Lipinski definition) is 15. The Morgan fingerprint density at radius 1 is 0.520 bits per heavy atom. The molecule has 0 saturated heterocycles. The summed E-state index contributed by atoms with van der Waals surface area (Å²) in [6.07, 6.45) is -0.0000273. The molecule has 0 bridgehead atoms. The summed E-state index contributed by atoms with van der Waals surface area (Å²) in [5.41, 5.74) is -3.43. The molecule has 8 aromatic carbocycles. The summed E-state index contributed by atoms with van der Waals surface area (Å²) in [7, 11) is -2.78. The van der Waals surface area contributed by atoms with Crippen molar-refractivity contribution in [3.05, 3.63) is 227 Å². The number of rotatable bonds is 26. The first-order valence-corrected chi connectivity index (χ1v) is 35.8. The van der Waals surface area contributed by atoms with Crippen LogP contribution in [0.5, 0.6) is 23.0 Å². The number of unbranched alkanes of at least 4 members (excludes halogenated alkanes) is 2. The highest BCUT2D eigenvalue weighted by atomic mass is 32.2. The van der Waals surface area contributed by atoms with Crippen LogP contribution in [0.4, 0.5) is 26.3 Å². The molecule has 102 heavy (non-hydrogen) atoms. The average molecular weight is 1450 g/mol. The minimum atomic E-state index is -5.90.